The van der Waals surface area contributed by atoms with E-state index in [0.29, 0.717) is 22.5 Å². The van der Waals surface area contributed by atoms with E-state index >= 15 is 0 Å². The van der Waals surface area contributed by atoms with Gasteiger partial charge in [-0.25, -0.2) is 4.79 Å². The van der Waals surface area contributed by atoms with Crippen molar-refractivity contribution in [1.82, 2.24) is 5.32 Å². The number of aliphatic hydroxyl groups excluding tert-OH is 3. The van der Waals surface area contributed by atoms with E-state index in [0.717, 1.165) is 19.3 Å². The highest BCUT2D eigenvalue weighted by Crippen LogP contribution is 2.53. The average molecular weight is 792 g/mol. The number of Topliss-reactive ketones (excluding diaryl/α,β-unsaturated/α-hetero) is 2. The second-order valence-electron chi connectivity index (χ2n) is 15.3. The third kappa shape index (κ3) is 6.36. The van der Waals surface area contributed by atoms with Gasteiger partial charge >= 0.3 is 5.97 Å². The first-order chi connectivity index (χ1) is 27.0. The van der Waals surface area contributed by atoms with Crippen LogP contribution in [-0.4, -0.2) is 118 Å². The monoisotopic (exact) mass is 791 g/mol. The zero-order valence-corrected chi connectivity index (χ0v) is 32.1. The molecule has 0 bridgehead atoms. The predicted molar refractivity (Wildman–Crippen MR) is 196 cm³/mol. The van der Waals surface area contributed by atoms with Gasteiger partial charge in [0.2, 0.25) is 0 Å². The topological polar surface area (TPSA) is 252 Å². The number of ether oxygens (including phenoxy) is 4. The molecule has 0 radical (unpaired) electrons. The Labute approximate surface area is 326 Å². The minimum absolute atomic E-state index is 0.0581. The number of nitrogens with one attached hydrogen (secondary N) is 1. The standard InChI is InChI=1S/C41H45NO15/c1-15-7-19-10-23(44)30-31(27(19)33(47)26(15)40(51)55-6)32(46)21-11-22-29(34(48)28(21)35(30)49)24(45)12-25(41(22,52)13-18-9-20(56-14-18)8-16(2)43)42-39-38(54-5)36(50)37(53-4)17(3)57-39/h7,9,11-12,14,16-17,23,30-31,36-39,42-44,47-48,50,52H,8,10,13H2,1-6H3/t16?,17-,23?,30?,31?,36+,37-,38+,39-,41?/m0/s1. The molecule has 7 N–H and O–H groups in total. The lowest BCUT2D eigenvalue weighted by Crippen LogP contribution is -2.63. The van der Waals surface area contributed by atoms with Crippen molar-refractivity contribution in [2.45, 2.75) is 94.4 Å². The van der Waals surface area contributed by atoms with Gasteiger partial charge in [0.15, 0.2) is 23.6 Å². The molecule has 4 aliphatic rings. The van der Waals surface area contributed by atoms with Gasteiger partial charge < -0.3 is 59.3 Å². The van der Waals surface area contributed by atoms with Crippen LogP contribution in [-0.2, 0) is 43.8 Å². The maximum absolute atomic E-state index is 14.8. The quantitative estimate of drug-likeness (QED) is 0.152. The first-order valence-corrected chi connectivity index (χ1v) is 18.5. The lowest BCUT2D eigenvalue weighted by atomic mass is 9.62. The molecule has 1 fully saturated rings. The molecule has 10 atom stereocenters. The number of methoxy groups -OCH3 is 3. The van der Waals surface area contributed by atoms with Gasteiger partial charge in [0.05, 0.1) is 60.3 Å². The summed E-state index contributed by atoms with van der Waals surface area (Å²) in [6.07, 6.45) is -5.23. The van der Waals surface area contributed by atoms with Gasteiger partial charge in [0, 0.05) is 49.8 Å². The van der Waals surface area contributed by atoms with E-state index in [1.165, 1.54) is 26.5 Å². The van der Waals surface area contributed by atoms with Crippen molar-refractivity contribution >= 4 is 23.3 Å². The van der Waals surface area contributed by atoms with E-state index in [-0.39, 0.29) is 41.6 Å². The summed E-state index contributed by atoms with van der Waals surface area (Å²) >= 11 is 0. The molecule has 3 aliphatic carbocycles. The number of rotatable bonds is 9. The molecule has 57 heavy (non-hydrogen) atoms. The van der Waals surface area contributed by atoms with Gasteiger partial charge in [-0.15, -0.1) is 0 Å². The van der Waals surface area contributed by atoms with E-state index in [4.69, 9.17) is 23.4 Å². The lowest BCUT2D eigenvalue weighted by Gasteiger charge is -2.45. The third-order valence-corrected chi connectivity index (χ3v) is 11.6. The molecule has 2 aromatic carbocycles. The number of benzene rings is 2. The summed E-state index contributed by atoms with van der Waals surface area (Å²) in [7, 11) is 3.86. The summed E-state index contributed by atoms with van der Waals surface area (Å²) in [4.78, 5) is 56.0. The van der Waals surface area contributed by atoms with Crippen molar-refractivity contribution in [1.29, 1.82) is 0 Å². The maximum atomic E-state index is 14.8. The fourth-order valence-electron chi connectivity index (χ4n) is 9.08. The zero-order valence-electron chi connectivity index (χ0n) is 32.1. The molecule has 0 saturated carbocycles. The van der Waals surface area contributed by atoms with Crippen molar-refractivity contribution in [3.8, 4) is 11.5 Å². The van der Waals surface area contributed by atoms with Crippen molar-refractivity contribution in [3.05, 3.63) is 92.1 Å². The van der Waals surface area contributed by atoms with E-state index < -0.39 is 112 Å². The Kier molecular flexibility index (Phi) is 10.4. The summed E-state index contributed by atoms with van der Waals surface area (Å²) in [6.45, 7) is 4.77. The summed E-state index contributed by atoms with van der Waals surface area (Å²) in [5, 5.41) is 71.8. The molecular weight excluding hydrogens is 746 g/mol. The maximum Gasteiger partial charge on any atom is 0.341 e. The highest BCUT2D eigenvalue weighted by Gasteiger charge is 2.55. The van der Waals surface area contributed by atoms with Crippen molar-refractivity contribution in [2.24, 2.45) is 5.92 Å². The molecular formula is C41H45NO15. The summed E-state index contributed by atoms with van der Waals surface area (Å²) < 4.78 is 27.6. The van der Waals surface area contributed by atoms with Crippen LogP contribution in [0.5, 0.6) is 11.5 Å². The molecule has 3 aromatic rings. The number of hydrogen-bond donors (Lipinski definition) is 7. The second-order valence-corrected chi connectivity index (χ2v) is 15.3. The largest absolute Gasteiger partial charge is 0.507 e. The SMILES string of the molecule is COC(=O)c1c(C)cc2c(c1O)C1C(=O)c3cc4c(c(O)c3C(=O)C1C(O)C2)C(=O)C=C(N[C@H]1O[C@@H](C)[C@H](OC)[C@@H](O)[C@H]1OC)C4(O)Cc1coc(CC(C)O)c1. The number of aromatic hydroxyl groups is 2. The fourth-order valence-corrected chi connectivity index (χ4v) is 9.08. The normalized spacial score (nSPS) is 29.8. The van der Waals surface area contributed by atoms with E-state index in [1.807, 2.05) is 0 Å². The van der Waals surface area contributed by atoms with Gasteiger partial charge in [-0.1, -0.05) is 6.07 Å². The minimum Gasteiger partial charge on any atom is -0.507 e. The number of esters is 1. The Bertz CT molecular complexity index is 2210. The average Bonchev–Trinajstić information content (AvgIpc) is 3.57. The van der Waals surface area contributed by atoms with Crippen LogP contribution in [0.25, 0.3) is 0 Å². The van der Waals surface area contributed by atoms with Crippen LogP contribution < -0.4 is 5.32 Å². The molecule has 0 amide bonds. The first-order valence-electron chi connectivity index (χ1n) is 18.5. The van der Waals surface area contributed by atoms with E-state index in [2.05, 4.69) is 5.32 Å². The molecule has 16 heteroatoms. The Morgan fingerprint density at radius 3 is 2.37 bits per heavy atom. The van der Waals surface area contributed by atoms with Crippen molar-refractivity contribution in [3.63, 3.8) is 0 Å². The molecule has 1 aliphatic heterocycles. The molecule has 16 nitrogen and oxygen atoms in total. The number of furan rings is 1. The molecule has 1 saturated heterocycles. The van der Waals surface area contributed by atoms with Crippen molar-refractivity contribution < 1.29 is 73.2 Å². The van der Waals surface area contributed by atoms with E-state index in [9.17, 15) is 49.8 Å². The van der Waals surface area contributed by atoms with Crippen LogP contribution in [0.4, 0.5) is 0 Å². The van der Waals surface area contributed by atoms with Crippen LogP contribution in [0.15, 0.2) is 40.7 Å². The van der Waals surface area contributed by atoms with Crippen LogP contribution >= 0.6 is 0 Å². The van der Waals surface area contributed by atoms with Gasteiger partial charge in [-0.2, -0.15) is 0 Å². The number of phenolic OH excluding ortho intramolecular Hbond substituents is 2. The number of fused-ring (bicyclic) bond motifs is 5. The first kappa shape index (κ1) is 40.3. The van der Waals surface area contributed by atoms with Crippen molar-refractivity contribution in [2.75, 3.05) is 21.3 Å². The number of ketones is 3. The minimum atomic E-state index is -2.31. The lowest BCUT2D eigenvalue weighted by molar-refractivity contribution is -0.237. The van der Waals surface area contributed by atoms with Crippen LogP contribution in [0, 0.1) is 12.8 Å². The Morgan fingerprint density at radius 1 is 1.02 bits per heavy atom. The van der Waals surface area contributed by atoms with Gasteiger partial charge in [0.25, 0.3) is 0 Å². The number of hydrogen-bond acceptors (Lipinski definition) is 16. The molecule has 7 rings (SSSR count). The smallest absolute Gasteiger partial charge is 0.341 e. The molecule has 1 aromatic heterocycles. The Hall–Kier alpha value is -4.94. The van der Waals surface area contributed by atoms with Crippen LogP contribution in [0.2, 0.25) is 0 Å². The van der Waals surface area contributed by atoms with Gasteiger partial charge in [-0.05, 0) is 56.0 Å². The second kappa shape index (κ2) is 14.8. The fraction of sp³-hybridized carbons (Fsp3) is 0.463. The highest BCUT2D eigenvalue weighted by molar-refractivity contribution is 6.23. The predicted octanol–water partition coefficient (Wildman–Crippen LogP) is 1.64. The number of phenols is 2. The van der Waals surface area contributed by atoms with Gasteiger partial charge in [0.1, 0.15) is 46.7 Å². The zero-order chi connectivity index (χ0) is 41.4. The molecule has 2 heterocycles. The summed E-state index contributed by atoms with van der Waals surface area (Å²) in [5.41, 5.74) is -3.46. The number of aliphatic hydroxyl groups is 4. The number of carbonyl (C=O) groups excluding carboxylic acids is 4. The number of allylic oxidation sites excluding steroid dienone is 1. The Morgan fingerprint density at radius 2 is 1.72 bits per heavy atom. The third-order valence-electron chi connectivity index (χ3n) is 11.6. The van der Waals surface area contributed by atoms with Gasteiger partial charge in [-0.3, -0.25) is 14.4 Å². The molecule has 5 unspecified atom stereocenters. The number of aryl methyl sites for hydroxylation is 1. The Balaban J connectivity index is 1.40. The molecule has 304 valence electrons. The van der Waals surface area contributed by atoms with Crippen LogP contribution in [0.3, 0.4) is 0 Å². The number of carbonyl (C=O) groups is 4. The highest BCUT2D eigenvalue weighted by atomic mass is 16.6. The summed E-state index contributed by atoms with van der Waals surface area (Å²) in [5.74, 6) is -7.61. The molecule has 0 spiro atoms. The van der Waals surface area contributed by atoms with Crippen LogP contribution in [0.1, 0.15) is 94.8 Å². The summed E-state index contributed by atoms with van der Waals surface area (Å²) in [6, 6.07) is 4.26. The van der Waals surface area contributed by atoms with E-state index in [1.54, 1.807) is 26.8 Å².